The molecule has 2 aromatic carbocycles. The molecule has 0 unspecified atom stereocenters. The van der Waals surface area contributed by atoms with Crippen molar-refractivity contribution >= 4 is 11.4 Å². The second-order valence-electron chi connectivity index (χ2n) is 8.47. The topological polar surface area (TPSA) is 34.0 Å². The van der Waals surface area contributed by atoms with Crippen LogP contribution in [0.15, 0.2) is 46.6 Å². The summed E-state index contributed by atoms with van der Waals surface area (Å²) in [5.74, 6) is 0.940. The van der Waals surface area contributed by atoms with E-state index in [0.717, 1.165) is 41.3 Å². The number of hydrogen-bond donors (Lipinski definition) is 0. The molecule has 0 atom stereocenters. The van der Waals surface area contributed by atoms with E-state index in [1.165, 1.54) is 63.4 Å². The Hall–Kier alpha value is -2.16. The normalized spacial score (nSPS) is 11.3. The zero-order chi connectivity index (χ0) is 21.6. The Labute approximate surface area is 184 Å². The van der Waals surface area contributed by atoms with Crippen molar-refractivity contribution in [2.24, 2.45) is 10.2 Å². The lowest BCUT2D eigenvalue weighted by Gasteiger charge is -2.10. The number of azo groups is 1. The molecule has 0 aliphatic carbocycles. The van der Waals surface area contributed by atoms with Gasteiger partial charge in [0.25, 0.3) is 0 Å². The molecular weight excluding hydrogens is 368 g/mol. The zero-order valence-corrected chi connectivity index (χ0v) is 19.5. The molecular formula is C27H40N2O. The van der Waals surface area contributed by atoms with E-state index in [1.54, 1.807) is 0 Å². The SMILES string of the molecule is CCCCCCCCCCCCOc1cc(C)c(N=Nc2ccc(C)cc2)c(C)c1. The molecule has 0 amide bonds. The van der Waals surface area contributed by atoms with E-state index < -0.39 is 0 Å². The molecule has 30 heavy (non-hydrogen) atoms. The van der Waals surface area contributed by atoms with Crippen LogP contribution in [0.1, 0.15) is 87.8 Å². The number of nitrogens with zero attached hydrogens (tertiary/aromatic N) is 2. The summed E-state index contributed by atoms with van der Waals surface area (Å²) >= 11 is 0. The number of unbranched alkanes of at least 4 members (excludes halogenated alkanes) is 9. The average molecular weight is 409 g/mol. The van der Waals surface area contributed by atoms with Crippen LogP contribution in [0.3, 0.4) is 0 Å². The molecule has 3 nitrogen and oxygen atoms in total. The minimum absolute atomic E-state index is 0.791. The summed E-state index contributed by atoms with van der Waals surface area (Å²) in [4.78, 5) is 0. The van der Waals surface area contributed by atoms with Gasteiger partial charge >= 0.3 is 0 Å². The smallest absolute Gasteiger partial charge is 0.119 e. The number of hydrogen-bond acceptors (Lipinski definition) is 3. The molecule has 0 bridgehead atoms. The predicted molar refractivity (Wildman–Crippen MR) is 129 cm³/mol. The summed E-state index contributed by atoms with van der Waals surface area (Å²) < 4.78 is 6.00. The van der Waals surface area contributed by atoms with Crippen molar-refractivity contribution in [3.8, 4) is 5.75 Å². The lowest BCUT2D eigenvalue weighted by molar-refractivity contribution is 0.304. The van der Waals surface area contributed by atoms with Gasteiger partial charge in [-0.2, -0.15) is 10.2 Å². The number of aryl methyl sites for hydroxylation is 3. The molecule has 3 heteroatoms. The van der Waals surface area contributed by atoms with Crippen molar-refractivity contribution in [3.05, 3.63) is 53.1 Å². The summed E-state index contributed by atoms with van der Waals surface area (Å²) in [6, 6.07) is 12.2. The molecule has 0 aliphatic rings. The van der Waals surface area contributed by atoms with Gasteiger partial charge in [0.2, 0.25) is 0 Å². The van der Waals surface area contributed by atoms with E-state index in [0.29, 0.717) is 0 Å². The maximum atomic E-state index is 6.00. The van der Waals surface area contributed by atoms with Crippen LogP contribution in [0, 0.1) is 20.8 Å². The molecule has 0 fully saturated rings. The van der Waals surface area contributed by atoms with Crippen molar-refractivity contribution in [1.82, 2.24) is 0 Å². The van der Waals surface area contributed by atoms with Crippen LogP contribution >= 0.6 is 0 Å². The van der Waals surface area contributed by atoms with Gasteiger partial charge < -0.3 is 4.74 Å². The van der Waals surface area contributed by atoms with E-state index >= 15 is 0 Å². The first-order chi connectivity index (χ1) is 14.6. The number of benzene rings is 2. The Balaban J connectivity index is 1.69. The Kier molecular flexibility index (Phi) is 11.2. The molecule has 0 N–H and O–H groups in total. The van der Waals surface area contributed by atoms with Crippen LogP contribution < -0.4 is 4.74 Å². The first-order valence-electron chi connectivity index (χ1n) is 11.8. The molecule has 2 rings (SSSR count). The van der Waals surface area contributed by atoms with E-state index in [1.807, 2.05) is 12.1 Å². The number of rotatable bonds is 14. The summed E-state index contributed by atoms with van der Waals surface area (Å²) in [6.07, 6.45) is 13.4. The monoisotopic (exact) mass is 408 g/mol. The van der Waals surface area contributed by atoms with Gasteiger partial charge in [0, 0.05) is 0 Å². The third-order valence-corrected chi connectivity index (χ3v) is 5.53. The Morgan fingerprint density at radius 2 is 1.20 bits per heavy atom. The van der Waals surface area contributed by atoms with Crippen molar-refractivity contribution in [2.75, 3.05) is 6.61 Å². The zero-order valence-electron chi connectivity index (χ0n) is 19.5. The lowest BCUT2D eigenvalue weighted by atomic mass is 10.1. The highest BCUT2D eigenvalue weighted by molar-refractivity contribution is 5.55. The van der Waals surface area contributed by atoms with E-state index in [2.05, 4.69) is 62.2 Å². The van der Waals surface area contributed by atoms with Gasteiger partial charge in [-0.1, -0.05) is 82.4 Å². The van der Waals surface area contributed by atoms with Gasteiger partial charge in [-0.3, -0.25) is 0 Å². The standard InChI is InChI=1S/C27H40N2O/c1-5-6-7-8-9-10-11-12-13-14-19-30-26-20-23(3)27(24(4)21-26)29-28-25-17-15-22(2)16-18-25/h15-18,20-21H,5-14,19H2,1-4H3. The second kappa shape index (κ2) is 14.0. The fourth-order valence-corrected chi connectivity index (χ4v) is 3.66. The van der Waals surface area contributed by atoms with Crippen LogP contribution in [0.2, 0.25) is 0 Å². The minimum Gasteiger partial charge on any atom is -0.494 e. The van der Waals surface area contributed by atoms with Crippen molar-refractivity contribution in [2.45, 2.75) is 91.9 Å². The van der Waals surface area contributed by atoms with Crippen LogP contribution in [0.5, 0.6) is 5.75 Å². The summed E-state index contributed by atoms with van der Waals surface area (Å²) in [5, 5.41) is 8.86. The lowest BCUT2D eigenvalue weighted by Crippen LogP contribution is -1.98. The predicted octanol–water partition coefficient (Wildman–Crippen LogP) is 9.33. The maximum absolute atomic E-state index is 6.00. The van der Waals surface area contributed by atoms with E-state index in [9.17, 15) is 0 Å². The summed E-state index contributed by atoms with van der Waals surface area (Å²) in [6.45, 7) is 9.29. The van der Waals surface area contributed by atoms with Crippen LogP contribution in [0.4, 0.5) is 11.4 Å². The van der Waals surface area contributed by atoms with Crippen molar-refractivity contribution < 1.29 is 4.74 Å². The van der Waals surface area contributed by atoms with Crippen molar-refractivity contribution in [3.63, 3.8) is 0 Å². The highest BCUT2D eigenvalue weighted by Gasteiger charge is 2.06. The van der Waals surface area contributed by atoms with Crippen LogP contribution in [-0.2, 0) is 0 Å². The summed E-state index contributed by atoms with van der Waals surface area (Å²) in [7, 11) is 0. The highest BCUT2D eigenvalue weighted by atomic mass is 16.5. The third-order valence-electron chi connectivity index (χ3n) is 5.53. The van der Waals surface area contributed by atoms with Gasteiger partial charge in [-0.25, -0.2) is 0 Å². The molecule has 164 valence electrons. The minimum atomic E-state index is 0.791. The van der Waals surface area contributed by atoms with Crippen LogP contribution in [0.25, 0.3) is 0 Å². The Morgan fingerprint density at radius 1 is 0.667 bits per heavy atom. The molecule has 0 saturated carbocycles. The molecule has 0 aliphatic heterocycles. The average Bonchev–Trinajstić information content (AvgIpc) is 2.72. The van der Waals surface area contributed by atoms with Gasteiger partial charge in [-0.05, 0) is 62.6 Å². The largest absolute Gasteiger partial charge is 0.494 e. The fraction of sp³-hybridized carbons (Fsp3) is 0.556. The van der Waals surface area contributed by atoms with Gasteiger partial charge in [0.15, 0.2) is 0 Å². The van der Waals surface area contributed by atoms with E-state index in [4.69, 9.17) is 4.74 Å². The second-order valence-corrected chi connectivity index (χ2v) is 8.47. The summed E-state index contributed by atoms with van der Waals surface area (Å²) in [5.41, 5.74) is 5.24. The van der Waals surface area contributed by atoms with Gasteiger partial charge in [-0.15, -0.1) is 0 Å². The molecule has 0 radical (unpaired) electrons. The van der Waals surface area contributed by atoms with Crippen molar-refractivity contribution in [1.29, 1.82) is 0 Å². The van der Waals surface area contributed by atoms with Gasteiger partial charge in [0.05, 0.1) is 18.0 Å². The third kappa shape index (κ3) is 9.11. The maximum Gasteiger partial charge on any atom is 0.119 e. The highest BCUT2D eigenvalue weighted by Crippen LogP contribution is 2.30. The first-order valence-corrected chi connectivity index (χ1v) is 11.8. The molecule has 2 aromatic rings. The Morgan fingerprint density at radius 3 is 1.77 bits per heavy atom. The van der Waals surface area contributed by atoms with Crippen LogP contribution in [-0.4, -0.2) is 6.61 Å². The Bertz CT molecular complexity index is 742. The fourth-order valence-electron chi connectivity index (χ4n) is 3.66. The molecule has 0 aromatic heterocycles. The quantitative estimate of drug-likeness (QED) is 0.226. The first kappa shape index (κ1) is 24.1. The molecule has 0 spiro atoms. The van der Waals surface area contributed by atoms with E-state index in [-0.39, 0.29) is 0 Å². The van der Waals surface area contributed by atoms with Gasteiger partial charge in [0.1, 0.15) is 5.75 Å². The molecule has 0 heterocycles. The molecule has 0 saturated heterocycles. The number of ether oxygens (including phenoxy) is 1.